The van der Waals surface area contributed by atoms with E-state index in [0.717, 1.165) is 16.5 Å². The maximum Gasteiger partial charge on any atom is 0.307 e. The number of pyridine rings is 1. The highest BCUT2D eigenvalue weighted by Crippen LogP contribution is 2.37. The number of allylic oxidation sites excluding steroid dienone is 2. The minimum atomic E-state index is -2.65. The van der Waals surface area contributed by atoms with Gasteiger partial charge in [0.2, 0.25) is 0 Å². The molecule has 28 heavy (non-hydrogen) atoms. The van der Waals surface area contributed by atoms with E-state index in [1.165, 1.54) is 13.3 Å². The lowest BCUT2D eigenvalue weighted by Crippen LogP contribution is -2.34. The number of rotatable bonds is 5. The van der Waals surface area contributed by atoms with Crippen molar-refractivity contribution in [3.8, 4) is 0 Å². The molecule has 5 nitrogen and oxygen atoms in total. The second kappa shape index (κ2) is 8.04. The topological polar surface area (TPSA) is 68.3 Å². The van der Waals surface area contributed by atoms with Gasteiger partial charge in [-0.15, -0.1) is 0 Å². The van der Waals surface area contributed by atoms with Gasteiger partial charge in [-0.25, -0.2) is 8.78 Å². The molecular formula is C21H22F2N2O3. The Morgan fingerprint density at radius 1 is 1.36 bits per heavy atom. The van der Waals surface area contributed by atoms with Crippen LogP contribution in [0.5, 0.6) is 0 Å². The number of hydrogen-bond donors (Lipinski definition) is 1. The van der Waals surface area contributed by atoms with Crippen LogP contribution in [0.3, 0.4) is 0 Å². The first-order chi connectivity index (χ1) is 13.3. The normalized spacial score (nSPS) is 16.9. The number of esters is 1. The molecule has 1 aliphatic rings. The molecule has 0 aliphatic heterocycles. The number of halogens is 2. The number of carbonyl (C=O) groups excluding carboxylic acids is 2. The van der Waals surface area contributed by atoms with E-state index in [-0.39, 0.29) is 31.2 Å². The number of para-hydroxylation sites is 1. The number of benzene rings is 1. The van der Waals surface area contributed by atoms with Crippen LogP contribution in [0.15, 0.2) is 36.5 Å². The van der Waals surface area contributed by atoms with Gasteiger partial charge in [-0.3, -0.25) is 14.6 Å². The second-order valence-corrected chi connectivity index (χ2v) is 7.05. The van der Waals surface area contributed by atoms with Crippen LogP contribution in [0, 0.1) is 0 Å². The summed E-state index contributed by atoms with van der Waals surface area (Å²) >= 11 is 0. The minimum absolute atomic E-state index is 0.0756. The van der Waals surface area contributed by atoms with Crippen molar-refractivity contribution in [3.05, 3.63) is 47.7 Å². The van der Waals surface area contributed by atoms with E-state index < -0.39 is 11.9 Å². The van der Waals surface area contributed by atoms with Gasteiger partial charge in [0.05, 0.1) is 24.6 Å². The summed E-state index contributed by atoms with van der Waals surface area (Å²) in [6, 6.07) is 6.86. The van der Waals surface area contributed by atoms with Crippen molar-refractivity contribution in [3.63, 3.8) is 0 Å². The molecule has 1 heterocycles. The Bertz CT molecular complexity index is 940. The lowest BCUT2D eigenvalue weighted by atomic mass is 9.90. The zero-order valence-electron chi connectivity index (χ0n) is 15.8. The molecule has 0 saturated carbocycles. The minimum Gasteiger partial charge on any atom is -0.469 e. The SMILES string of the molecule is COC(=O)C[C@@H](C)NC(=O)c1cnc2c(C3=CCC(F)(F)CC3)cccc2c1. The van der Waals surface area contributed by atoms with E-state index in [0.29, 0.717) is 17.5 Å². The van der Waals surface area contributed by atoms with Gasteiger partial charge in [-0.2, -0.15) is 0 Å². The number of amides is 1. The number of ether oxygens (including phenoxy) is 1. The van der Waals surface area contributed by atoms with Crippen LogP contribution in [0.2, 0.25) is 0 Å². The van der Waals surface area contributed by atoms with Gasteiger partial charge in [0.25, 0.3) is 11.8 Å². The molecule has 148 valence electrons. The van der Waals surface area contributed by atoms with Gasteiger partial charge in [-0.05, 0) is 25.0 Å². The van der Waals surface area contributed by atoms with Crippen molar-refractivity contribution in [2.24, 2.45) is 0 Å². The average Bonchev–Trinajstić information content (AvgIpc) is 2.67. The lowest BCUT2D eigenvalue weighted by molar-refractivity contribution is -0.141. The summed E-state index contributed by atoms with van der Waals surface area (Å²) < 4.78 is 31.4. The second-order valence-electron chi connectivity index (χ2n) is 7.05. The molecule has 7 heteroatoms. The third kappa shape index (κ3) is 4.52. The smallest absolute Gasteiger partial charge is 0.307 e. The van der Waals surface area contributed by atoms with Crippen LogP contribution in [0.4, 0.5) is 8.78 Å². The zero-order chi connectivity index (χ0) is 20.3. The largest absolute Gasteiger partial charge is 0.469 e. The Kier molecular flexibility index (Phi) is 5.72. The van der Waals surface area contributed by atoms with Crippen LogP contribution in [-0.2, 0) is 9.53 Å². The molecule has 1 N–H and O–H groups in total. The summed E-state index contributed by atoms with van der Waals surface area (Å²) in [7, 11) is 1.30. The van der Waals surface area contributed by atoms with E-state index >= 15 is 0 Å². The summed E-state index contributed by atoms with van der Waals surface area (Å²) in [5.41, 5.74) is 2.72. The van der Waals surface area contributed by atoms with E-state index in [4.69, 9.17) is 0 Å². The quantitative estimate of drug-likeness (QED) is 0.783. The van der Waals surface area contributed by atoms with Crippen molar-refractivity contribution in [2.75, 3.05) is 7.11 Å². The van der Waals surface area contributed by atoms with Crippen LogP contribution >= 0.6 is 0 Å². The molecule has 3 rings (SSSR count). The number of nitrogens with zero attached hydrogens (tertiary/aromatic N) is 1. The fourth-order valence-electron chi connectivity index (χ4n) is 3.27. The molecule has 2 aromatic rings. The average molecular weight is 388 g/mol. The Labute approximate surface area is 161 Å². The van der Waals surface area contributed by atoms with Crippen molar-refractivity contribution < 1.29 is 23.1 Å². The highest BCUT2D eigenvalue weighted by molar-refractivity contribution is 5.99. The molecule has 1 amide bonds. The predicted molar refractivity (Wildman–Crippen MR) is 102 cm³/mol. The van der Waals surface area contributed by atoms with Crippen LogP contribution < -0.4 is 5.32 Å². The molecule has 0 unspecified atom stereocenters. The van der Waals surface area contributed by atoms with E-state index in [1.807, 2.05) is 18.2 Å². The van der Waals surface area contributed by atoms with Gasteiger partial charge >= 0.3 is 5.97 Å². The number of fused-ring (bicyclic) bond motifs is 1. The summed E-state index contributed by atoms with van der Waals surface area (Å²) in [6.45, 7) is 1.72. The summed E-state index contributed by atoms with van der Waals surface area (Å²) in [5, 5.41) is 3.49. The summed E-state index contributed by atoms with van der Waals surface area (Å²) in [6.07, 6.45) is 2.97. The molecule has 0 fully saturated rings. The third-order valence-electron chi connectivity index (χ3n) is 4.80. The zero-order valence-corrected chi connectivity index (χ0v) is 15.8. The van der Waals surface area contributed by atoms with Gasteiger partial charge in [-0.1, -0.05) is 24.3 Å². The maximum atomic E-state index is 13.4. The molecule has 1 aromatic carbocycles. The first-order valence-electron chi connectivity index (χ1n) is 9.13. The van der Waals surface area contributed by atoms with Crippen LogP contribution in [0.1, 0.15) is 48.5 Å². The van der Waals surface area contributed by atoms with Crippen molar-refractivity contribution >= 4 is 28.4 Å². The number of methoxy groups -OCH3 is 1. The predicted octanol–water partition coefficient (Wildman–Crippen LogP) is 4.12. The van der Waals surface area contributed by atoms with Crippen molar-refractivity contribution in [1.29, 1.82) is 0 Å². The van der Waals surface area contributed by atoms with Crippen molar-refractivity contribution in [1.82, 2.24) is 10.3 Å². The Hall–Kier alpha value is -2.83. The summed E-state index contributed by atoms with van der Waals surface area (Å²) in [4.78, 5) is 28.2. The number of nitrogens with one attached hydrogen (secondary N) is 1. The monoisotopic (exact) mass is 388 g/mol. The van der Waals surface area contributed by atoms with E-state index in [2.05, 4.69) is 15.0 Å². The molecule has 0 bridgehead atoms. The lowest BCUT2D eigenvalue weighted by Gasteiger charge is -2.22. The third-order valence-corrected chi connectivity index (χ3v) is 4.80. The molecule has 0 radical (unpaired) electrons. The van der Waals surface area contributed by atoms with Crippen LogP contribution in [0.25, 0.3) is 16.5 Å². The molecule has 1 aromatic heterocycles. The molecule has 1 atom stereocenters. The Balaban J connectivity index is 1.82. The molecule has 1 aliphatic carbocycles. The van der Waals surface area contributed by atoms with Gasteiger partial charge in [0.1, 0.15) is 0 Å². The fourth-order valence-corrected chi connectivity index (χ4v) is 3.27. The van der Waals surface area contributed by atoms with E-state index in [9.17, 15) is 18.4 Å². The Morgan fingerprint density at radius 2 is 2.14 bits per heavy atom. The highest BCUT2D eigenvalue weighted by Gasteiger charge is 2.31. The first kappa shape index (κ1) is 19.9. The number of hydrogen-bond acceptors (Lipinski definition) is 4. The highest BCUT2D eigenvalue weighted by atomic mass is 19.3. The van der Waals surface area contributed by atoms with Crippen molar-refractivity contribution in [2.45, 2.75) is 44.6 Å². The summed E-state index contributed by atoms with van der Waals surface area (Å²) in [5.74, 6) is -3.39. The number of alkyl halides is 2. The van der Waals surface area contributed by atoms with Gasteiger partial charge in [0, 0.05) is 36.0 Å². The maximum absolute atomic E-state index is 13.4. The molecule has 0 saturated heterocycles. The van der Waals surface area contributed by atoms with E-state index in [1.54, 1.807) is 19.1 Å². The molecular weight excluding hydrogens is 366 g/mol. The fraction of sp³-hybridized carbons (Fsp3) is 0.381. The number of carbonyl (C=O) groups is 2. The number of aromatic nitrogens is 1. The molecule has 0 spiro atoms. The van der Waals surface area contributed by atoms with Crippen LogP contribution in [-0.4, -0.2) is 35.9 Å². The first-order valence-corrected chi connectivity index (χ1v) is 9.13. The Morgan fingerprint density at radius 3 is 2.82 bits per heavy atom. The van der Waals surface area contributed by atoms with Gasteiger partial charge < -0.3 is 10.1 Å². The standard InChI is InChI=1S/C21H22F2N2O3/c1-13(10-18(26)28-2)25-20(27)16-11-15-4-3-5-17(19(15)24-12-16)14-6-8-21(22,23)9-7-14/h3-6,11-13H,7-10H2,1-2H3,(H,25,27)/t13-/m1/s1. The van der Waals surface area contributed by atoms with Gasteiger partial charge in [0.15, 0.2) is 0 Å².